The van der Waals surface area contributed by atoms with Gasteiger partial charge in [0, 0.05) is 0 Å². The number of aromatic nitrogens is 6. The lowest BCUT2D eigenvalue weighted by Crippen LogP contribution is -2.13. The number of aryl methyl sites for hydroxylation is 1. The van der Waals surface area contributed by atoms with E-state index in [9.17, 15) is 4.79 Å². The molecule has 1 N–H and O–H groups in total. The molecule has 4 aromatic rings. The normalized spacial score (nSPS) is 12.3. The van der Waals surface area contributed by atoms with Crippen molar-refractivity contribution in [1.82, 2.24) is 30.2 Å². The molecule has 0 saturated carbocycles. The average molecular weight is 407 g/mol. The van der Waals surface area contributed by atoms with E-state index in [0.717, 1.165) is 12.1 Å². The maximum absolute atomic E-state index is 12.4. The molecule has 0 fully saturated rings. The van der Waals surface area contributed by atoms with E-state index in [0.29, 0.717) is 21.9 Å². The summed E-state index contributed by atoms with van der Waals surface area (Å²) in [6, 6.07) is 15.6. The van der Waals surface area contributed by atoms with Gasteiger partial charge in [0.05, 0.1) is 21.8 Å². The number of hydrogen-bond acceptors (Lipinski definition) is 6. The molecule has 2 aromatic carbocycles. The molecule has 0 amide bonds. The summed E-state index contributed by atoms with van der Waals surface area (Å²) in [5, 5.41) is 13.2. The second kappa shape index (κ2) is 8.57. The number of aromatic amines is 1. The van der Waals surface area contributed by atoms with Gasteiger partial charge >= 0.3 is 0 Å². The highest BCUT2D eigenvalue weighted by Crippen LogP contribution is 2.32. The van der Waals surface area contributed by atoms with Crippen LogP contribution >= 0.6 is 11.8 Å². The Balaban J connectivity index is 1.57. The Labute approximate surface area is 172 Å². The number of nitrogens with one attached hydrogen (secondary N) is 1. The molecule has 0 saturated heterocycles. The zero-order valence-corrected chi connectivity index (χ0v) is 17.2. The quantitative estimate of drug-likeness (QED) is 0.465. The number of hydrogen-bond donors (Lipinski definition) is 1. The summed E-state index contributed by atoms with van der Waals surface area (Å²) in [7, 11) is 0. The number of tetrazole rings is 1. The molecular weight excluding hydrogens is 384 g/mol. The zero-order chi connectivity index (χ0) is 20.2. The third kappa shape index (κ3) is 4.22. The highest BCUT2D eigenvalue weighted by atomic mass is 32.2. The highest BCUT2D eigenvalue weighted by Gasteiger charge is 2.17. The van der Waals surface area contributed by atoms with E-state index in [2.05, 4.69) is 44.5 Å². The third-order valence-corrected chi connectivity index (χ3v) is 5.78. The van der Waals surface area contributed by atoms with E-state index in [-0.39, 0.29) is 10.8 Å². The summed E-state index contributed by atoms with van der Waals surface area (Å²) >= 11 is 1.45. The molecule has 7 nitrogen and oxygen atoms in total. The molecule has 0 aliphatic heterocycles. The molecule has 0 radical (unpaired) electrons. The molecule has 0 aliphatic carbocycles. The molecule has 8 heteroatoms. The van der Waals surface area contributed by atoms with Crippen molar-refractivity contribution in [3.8, 4) is 5.69 Å². The van der Waals surface area contributed by atoms with Crippen molar-refractivity contribution in [2.24, 2.45) is 0 Å². The molecular formula is C21H22N6OS. The molecule has 2 aromatic heterocycles. The molecule has 29 heavy (non-hydrogen) atoms. The Bertz CT molecular complexity index is 1170. The fourth-order valence-electron chi connectivity index (χ4n) is 3.11. The van der Waals surface area contributed by atoms with Gasteiger partial charge in [0.25, 0.3) is 5.56 Å². The summed E-state index contributed by atoms with van der Waals surface area (Å²) in [6.45, 7) is 4.17. The predicted octanol–water partition coefficient (Wildman–Crippen LogP) is 4.09. The van der Waals surface area contributed by atoms with E-state index < -0.39 is 0 Å². The van der Waals surface area contributed by atoms with Gasteiger partial charge in [-0.05, 0) is 60.0 Å². The van der Waals surface area contributed by atoms with Crippen LogP contribution in [0.3, 0.4) is 0 Å². The third-order valence-electron chi connectivity index (χ3n) is 4.74. The van der Waals surface area contributed by atoms with Crippen LogP contribution < -0.4 is 5.56 Å². The van der Waals surface area contributed by atoms with Crippen molar-refractivity contribution < 1.29 is 0 Å². The second-order valence-corrected chi connectivity index (χ2v) is 8.18. The van der Waals surface area contributed by atoms with Crippen LogP contribution in [0.5, 0.6) is 0 Å². The molecule has 0 spiro atoms. The van der Waals surface area contributed by atoms with Crippen LogP contribution in [0.15, 0.2) is 58.5 Å². The zero-order valence-electron chi connectivity index (χ0n) is 16.4. The minimum absolute atomic E-state index is 0.124. The molecule has 148 valence electrons. The van der Waals surface area contributed by atoms with Gasteiger partial charge in [0.2, 0.25) is 5.16 Å². The Kier molecular flexibility index (Phi) is 5.71. The van der Waals surface area contributed by atoms with Gasteiger partial charge in [0.15, 0.2) is 0 Å². The number of rotatable bonds is 7. The van der Waals surface area contributed by atoms with Gasteiger partial charge < -0.3 is 4.98 Å². The monoisotopic (exact) mass is 406 g/mol. The van der Waals surface area contributed by atoms with Gasteiger partial charge in [-0.2, -0.15) is 4.68 Å². The SMILES string of the molecule is CCCCc1ccc(-n2nnnc2S[C@H](C)c2nc3ccccc3c(=O)[nH]2)cc1. The predicted molar refractivity (Wildman–Crippen MR) is 114 cm³/mol. The Morgan fingerprint density at radius 3 is 2.72 bits per heavy atom. The smallest absolute Gasteiger partial charge is 0.258 e. The largest absolute Gasteiger partial charge is 0.309 e. The number of nitrogens with zero attached hydrogens (tertiary/aromatic N) is 5. The molecule has 2 heterocycles. The van der Waals surface area contributed by atoms with Gasteiger partial charge in [-0.15, -0.1) is 5.10 Å². The van der Waals surface area contributed by atoms with Crippen molar-refractivity contribution in [3.05, 3.63) is 70.3 Å². The standard InChI is InChI=1S/C21H22N6OS/c1-3-4-7-15-10-12-16(13-11-15)27-21(24-25-26-27)29-14(2)19-22-18-9-6-5-8-17(18)20(28)23-19/h5-6,8-14H,3-4,7H2,1-2H3,(H,22,23,28)/t14-/m1/s1. The lowest BCUT2D eigenvalue weighted by Gasteiger charge is -2.11. The molecule has 0 bridgehead atoms. The van der Waals surface area contributed by atoms with Crippen molar-refractivity contribution in [2.45, 2.75) is 43.5 Å². The van der Waals surface area contributed by atoms with Crippen LogP contribution in [0.4, 0.5) is 0 Å². The Morgan fingerprint density at radius 1 is 1.14 bits per heavy atom. The molecule has 0 aliphatic rings. The van der Waals surface area contributed by atoms with Gasteiger partial charge in [-0.1, -0.05) is 49.4 Å². The Morgan fingerprint density at radius 2 is 1.93 bits per heavy atom. The molecule has 1 atom stereocenters. The number of fused-ring (bicyclic) bond motifs is 1. The molecule has 4 rings (SSSR count). The summed E-state index contributed by atoms with van der Waals surface area (Å²) in [4.78, 5) is 19.8. The lowest BCUT2D eigenvalue weighted by molar-refractivity contribution is 0.751. The maximum atomic E-state index is 12.4. The van der Waals surface area contributed by atoms with Crippen molar-refractivity contribution in [2.75, 3.05) is 0 Å². The fraction of sp³-hybridized carbons (Fsp3) is 0.286. The number of H-pyrrole nitrogens is 1. The first-order valence-electron chi connectivity index (χ1n) is 9.69. The first kappa shape index (κ1) is 19.3. The van der Waals surface area contributed by atoms with Crippen molar-refractivity contribution >= 4 is 22.7 Å². The lowest BCUT2D eigenvalue weighted by atomic mass is 10.1. The Hall–Kier alpha value is -3.00. The second-order valence-electron chi connectivity index (χ2n) is 6.87. The van der Waals surface area contributed by atoms with E-state index in [4.69, 9.17) is 0 Å². The van der Waals surface area contributed by atoms with E-state index in [1.807, 2.05) is 37.3 Å². The first-order chi connectivity index (χ1) is 14.2. The van der Waals surface area contributed by atoms with Crippen LogP contribution in [0.1, 0.15) is 43.3 Å². The first-order valence-corrected chi connectivity index (χ1v) is 10.6. The maximum Gasteiger partial charge on any atom is 0.258 e. The molecule has 0 unspecified atom stereocenters. The number of para-hydroxylation sites is 1. The number of unbranched alkanes of at least 4 members (excludes halogenated alkanes) is 1. The van der Waals surface area contributed by atoms with Crippen LogP contribution in [-0.4, -0.2) is 30.2 Å². The van der Waals surface area contributed by atoms with E-state index >= 15 is 0 Å². The number of benzene rings is 2. The van der Waals surface area contributed by atoms with Crippen LogP contribution in [0.25, 0.3) is 16.6 Å². The van der Waals surface area contributed by atoms with Crippen LogP contribution in [-0.2, 0) is 6.42 Å². The van der Waals surface area contributed by atoms with Crippen molar-refractivity contribution in [3.63, 3.8) is 0 Å². The average Bonchev–Trinajstić information content (AvgIpc) is 3.20. The van der Waals surface area contributed by atoms with Gasteiger partial charge in [-0.3, -0.25) is 4.79 Å². The summed E-state index contributed by atoms with van der Waals surface area (Å²) in [5.41, 5.74) is 2.76. The van der Waals surface area contributed by atoms with E-state index in [1.54, 1.807) is 10.7 Å². The van der Waals surface area contributed by atoms with Crippen LogP contribution in [0, 0.1) is 0 Å². The minimum atomic E-state index is -0.139. The summed E-state index contributed by atoms with van der Waals surface area (Å²) < 4.78 is 1.71. The van der Waals surface area contributed by atoms with Gasteiger partial charge in [-0.25, -0.2) is 4.98 Å². The van der Waals surface area contributed by atoms with Crippen molar-refractivity contribution in [1.29, 1.82) is 0 Å². The topological polar surface area (TPSA) is 89.3 Å². The minimum Gasteiger partial charge on any atom is -0.309 e. The summed E-state index contributed by atoms with van der Waals surface area (Å²) in [6.07, 6.45) is 3.43. The van der Waals surface area contributed by atoms with Gasteiger partial charge in [0.1, 0.15) is 5.82 Å². The van der Waals surface area contributed by atoms with Crippen LogP contribution in [0.2, 0.25) is 0 Å². The highest BCUT2D eigenvalue weighted by molar-refractivity contribution is 7.99. The number of thioether (sulfide) groups is 1. The fourth-order valence-corrected chi connectivity index (χ4v) is 3.98. The van der Waals surface area contributed by atoms with E-state index in [1.165, 1.54) is 30.2 Å². The summed E-state index contributed by atoms with van der Waals surface area (Å²) in [5.74, 6) is 0.600.